The first kappa shape index (κ1) is 15.3. The van der Waals surface area contributed by atoms with Crippen LogP contribution in [0.4, 0.5) is 5.69 Å². The molecule has 0 fully saturated rings. The third-order valence-electron chi connectivity index (χ3n) is 4.29. The van der Waals surface area contributed by atoms with Crippen molar-refractivity contribution in [2.45, 2.75) is 6.54 Å². The van der Waals surface area contributed by atoms with Gasteiger partial charge in [0, 0.05) is 28.0 Å². The Morgan fingerprint density at radius 2 is 1.12 bits per heavy atom. The predicted octanol–water partition coefficient (Wildman–Crippen LogP) is 6.91. The third-order valence-corrected chi connectivity index (χ3v) is 4.95. The van der Waals surface area contributed by atoms with E-state index in [2.05, 4.69) is 41.7 Å². The molecule has 0 aliphatic rings. The fourth-order valence-corrected chi connectivity index (χ4v) is 3.57. The molecule has 118 valence electrons. The van der Waals surface area contributed by atoms with Crippen LogP contribution in [0.5, 0.6) is 0 Å². The molecule has 4 aromatic carbocycles. The van der Waals surface area contributed by atoms with Crippen molar-refractivity contribution in [3.8, 4) is 0 Å². The van der Waals surface area contributed by atoms with Crippen molar-refractivity contribution in [2.75, 3.05) is 5.32 Å². The predicted molar refractivity (Wildman–Crippen MR) is 105 cm³/mol. The van der Waals surface area contributed by atoms with Crippen molar-refractivity contribution in [1.29, 1.82) is 0 Å². The Bertz CT molecular complexity index is 966. The monoisotopic (exact) mass is 351 g/mol. The molecule has 0 unspecified atom stereocenters. The minimum absolute atomic E-state index is 0.722. The fourth-order valence-electron chi connectivity index (χ4n) is 3.11. The van der Waals surface area contributed by atoms with Crippen molar-refractivity contribution < 1.29 is 0 Å². The number of fused-ring (bicyclic) bond motifs is 2. The highest BCUT2D eigenvalue weighted by atomic mass is 35.5. The van der Waals surface area contributed by atoms with Gasteiger partial charge in [0.2, 0.25) is 0 Å². The fraction of sp³-hybridized carbons (Fsp3) is 0.0476. The Morgan fingerprint density at radius 3 is 1.67 bits per heavy atom. The van der Waals surface area contributed by atoms with Crippen LogP contribution in [0.15, 0.2) is 72.8 Å². The smallest absolute Gasteiger partial charge is 0.0562 e. The van der Waals surface area contributed by atoms with E-state index in [0.29, 0.717) is 0 Å². The van der Waals surface area contributed by atoms with Crippen molar-refractivity contribution >= 4 is 50.4 Å². The van der Waals surface area contributed by atoms with E-state index < -0.39 is 0 Å². The topological polar surface area (TPSA) is 12.0 Å². The molecule has 0 heterocycles. The quantitative estimate of drug-likeness (QED) is 0.395. The zero-order chi connectivity index (χ0) is 16.5. The van der Waals surface area contributed by atoms with Gasteiger partial charge < -0.3 is 5.32 Å². The SMILES string of the molecule is Clc1ccc(NCc2c3ccccc3c(Cl)c3ccccc23)cc1. The van der Waals surface area contributed by atoms with Crippen LogP contribution in [-0.2, 0) is 6.54 Å². The lowest BCUT2D eigenvalue weighted by atomic mass is 9.96. The highest BCUT2D eigenvalue weighted by Gasteiger charge is 2.11. The maximum Gasteiger partial charge on any atom is 0.0562 e. The number of rotatable bonds is 3. The van der Waals surface area contributed by atoms with E-state index in [-0.39, 0.29) is 0 Å². The van der Waals surface area contributed by atoms with E-state index in [1.807, 2.05) is 36.4 Å². The van der Waals surface area contributed by atoms with E-state index in [1.165, 1.54) is 16.3 Å². The van der Waals surface area contributed by atoms with E-state index >= 15 is 0 Å². The molecule has 24 heavy (non-hydrogen) atoms. The van der Waals surface area contributed by atoms with Gasteiger partial charge in [-0.25, -0.2) is 0 Å². The van der Waals surface area contributed by atoms with Crippen LogP contribution in [0.3, 0.4) is 0 Å². The van der Waals surface area contributed by atoms with Crippen LogP contribution in [0.2, 0.25) is 10.0 Å². The average molecular weight is 352 g/mol. The van der Waals surface area contributed by atoms with Gasteiger partial charge in [0.1, 0.15) is 0 Å². The largest absolute Gasteiger partial charge is 0.381 e. The van der Waals surface area contributed by atoms with Gasteiger partial charge in [0.15, 0.2) is 0 Å². The molecule has 0 aliphatic heterocycles. The minimum atomic E-state index is 0.722. The molecule has 0 saturated carbocycles. The molecule has 0 spiro atoms. The van der Waals surface area contributed by atoms with Gasteiger partial charge in [0.05, 0.1) is 5.02 Å². The molecule has 1 nitrogen and oxygen atoms in total. The second-order valence-corrected chi connectivity index (χ2v) is 6.56. The summed E-state index contributed by atoms with van der Waals surface area (Å²) in [7, 11) is 0. The number of nitrogens with one attached hydrogen (secondary N) is 1. The maximum atomic E-state index is 6.65. The molecule has 0 atom stereocenters. The summed E-state index contributed by atoms with van der Waals surface area (Å²) in [6.07, 6.45) is 0. The van der Waals surface area contributed by atoms with Crippen LogP contribution in [-0.4, -0.2) is 0 Å². The molecule has 3 heteroatoms. The number of hydrogen-bond donors (Lipinski definition) is 1. The Hall–Kier alpha value is -2.22. The average Bonchev–Trinajstić information content (AvgIpc) is 2.63. The summed E-state index contributed by atoms with van der Waals surface area (Å²) in [5.74, 6) is 0. The molecular weight excluding hydrogens is 337 g/mol. The maximum absolute atomic E-state index is 6.65. The van der Waals surface area contributed by atoms with Crippen molar-refractivity contribution in [3.63, 3.8) is 0 Å². The van der Waals surface area contributed by atoms with Gasteiger partial charge in [0.25, 0.3) is 0 Å². The van der Waals surface area contributed by atoms with Crippen molar-refractivity contribution in [1.82, 2.24) is 0 Å². The zero-order valence-corrected chi connectivity index (χ0v) is 14.4. The first-order chi connectivity index (χ1) is 11.7. The third kappa shape index (κ3) is 2.71. The van der Waals surface area contributed by atoms with Crippen molar-refractivity contribution in [3.05, 3.63) is 88.4 Å². The van der Waals surface area contributed by atoms with E-state index in [1.54, 1.807) is 0 Å². The highest BCUT2D eigenvalue weighted by Crippen LogP contribution is 2.36. The molecule has 0 radical (unpaired) electrons. The number of anilines is 1. The molecule has 0 aliphatic carbocycles. The van der Waals surface area contributed by atoms with Gasteiger partial charge in [-0.3, -0.25) is 0 Å². The summed E-state index contributed by atoms with van der Waals surface area (Å²) in [6, 6.07) is 24.3. The zero-order valence-electron chi connectivity index (χ0n) is 12.9. The minimum Gasteiger partial charge on any atom is -0.381 e. The molecule has 0 amide bonds. The Kier molecular flexibility index (Phi) is 4.05. The van der Waals surface area contributed by atoms with Crippen LogP contribution < -0.4 is 5.32 Å². The second-order valence-electron chi connectivity index (χ2n) is 5.74. The van der Waals surface area contributed by atoms with Crippen LogP contribution in [0.1, 0.15) is 5.56 Å². The number of benzene rings is 4. The number of halogens is 2. The first-order valence-corrected chi connectivity index (χ1v) is 8.57. The lowest BCUT2D eigenvalue weighted by Gasteiger charge is -2.15. The molecule has 0 aromatic heterocycles. The summed E-state index contributed by atoms with van der Waals surface area (Å²) < 4.78 is 0. The van der Waals surface area contributed by atoms with E-state index in [4.69, 9.17) is 23.2 Å². The van der Waals surface area contributed by atoms with Crippen LogP contribution in [0, 0.1) is 0 Å². The molecule has 0 saturated heterocycles. The first-order valence-electron chi connectivity index (χ1n) is 7.81. The summed E-state index contributed by atoms with van der Waals surface area (Å²) in [5, 5.41) is 9.59. The molecule has 4 aromatic rings. The Balaban J connectivity index is 1.85. The summed E-state index contributed by atoms with van der Waals surface area (Å²) >= 11 is 12.6. The van der Waals surface area contributed by atoms with E-state index in [9.17, 15) is 0 Å². The van der Waals surface area contributed by atoms with E-state index in [0.717, 1.165) is 33.0 Å². The summed E-state index contributed by atoms with van der Waals surface area (Å²) in [4.78, 5) is 0. The lowest BCUT2D eigenvalue weighted by molar-refractivity contribution is 1.18. The van der Waals surface area contributed by atoms with Crippen LogP contribution >= 0.6 is 23.2 Å². The van der Waals surface area contributed by atoms with Crippen LogP contribution in [0.25, 0.3) is 21.5 Å². The number of hydrogen-bond acceptors (Lipinski definition) is 1. The van der Waals surface area contributed by atoms with Gasteiger partial charge >= 0.3 is 0 Å². The second kappa shape index (κ2) is 6.35. The molecular formula is C21H15Cl2N. The van der Waals surface area contributed by atoms with Gasteiger partial charge in [-0.15, -0.1) is 0 Å². The standard InChI is InChI=1S/C21H15Cl2N/c22-14-9-11-15(12-10-14)24-13-20-16-5-1-3-7-18(16)21(23)19-8-4-2-6-17(19)20/h1-12,24H,13H2. The Labute approximate surface area is 150 Å². The highest BCUT2D eigenvalue weighted by molar-refractivity contribution is 6.41. The molecule has 4 rings (SSSR count). The Morgan fingerprint density at radius 1 is 0.625 bits per heavy atom. The summed E-state index contributed by atoms with van der Waals surface area (Å²) in [5.41, 5.74) is 2.29. The molecule has 0 bridgehead atoms. The van der Waals surface area contributed by atoms with Gasteiger partial charge in [-0.2, -0.15) is 0 Å². The molecule has 1 N–H and O–H groups in total. The summed E-state index contributed by atoms with van der Waals surface area (Å²) in [6.45, 7) is 0.722. The normalized spacial score (nSPS) is 11.1. The van der Waals surface area contributed by atoms with Gasteiger partial charge in [-0.1, -0.05) is 71.7 Å². The van der Waals surface area contributed by atoms with Gasteiger partial charge in [-0.05, 0) is 40.6 Å². The van der Waals surface area contributed by atoms with Crippen molar-refractivity contribution in [2.24, 2.45) is 0 Å². The lowest BCUT2D eigenvalue weighted by Crippen LogP contribution is -2.01.